The van der Waals surface area contributed by atoms with Crippen molar-refractivity contribution in [3.05, 3.63) is 29.8 Å². The van der Waals surface area contributed by atoms with Crippen LogP contribution >= 0.6 is 0 Å². The van der Waals surface area contributed by atoms with Crippen LogP contribution in [0.5, 0.6) is 0 Å². The molecule has 4 nitrogen and oxygen atoms in total. The molecule has 0 spiro atoms. The molecule has 1 atom stereocenters. The molecule has 4 heteroatoms. The van der Waals surface area contributed by atoms with E-state index in [0.29, 0.717) is 18.6 Å². The maximum Gasteiger partial charge on any atom is 0.211 e. The fraction of sp³-hybridized carbons (Fsp3) is 0.462. The Labute approximate surface area is 102 Å². The molecule has 0 aliphatic heterocycles. The van der Waals surface area contributed by atoms with Crippen molar-refractivity contribution < 1.29 is 9.90 Å². The van der Waals surface area contributed by atoms with Crippen molar-refractivity contribution >= 4 is 12.1 Å². The molecule has 3 N–H and O–H groups in total. The van der Waals surface area contributed by atoms with Gasteiger partial charge in [-0.3, -0.25) is 4.79 Å². The molecular weight excluding hydrogens is 216 g/mol. The van der Waals surface area contributed by atoms with Gasteiger partial charge in [0.15, 0.2) is 0 Å². The number of hydrogen-bond acceptors (Lipinski definition) is 3. The topological polar surface area (TPSA) is 61.4 Å². The second-order valence-corrected chi connectivity index (χ2v) is 5.03. The van der Waals surface area contributed by atoms with Crippen LogP contribution in [0.3, 0.4) is 0 Å². The molecule has 1 amide bonds. The molecule has 17 heavy (non-hydrogen) atoms. The zero-order chi connectivity index (χ0) is 12.9. The molecule has 94 valence electrons. The largest absolute Gasteiger partial charge is 0.387 e. The van der Waals surface area contributed by atoms with Crippen molar-refractivity contribution in [2.45, 2.75) is 32.4 Å². The molecule has 0 heterocycles. The molecule has 0 saturated heterocycles. The molecule has 0 radical (unpaired) electrons. The van der Waals surface area contributed by atoms with Crippen LogP contribution in [-0.2, 0) is 4.79 Å². The van der Waals surface area contributed by atoms with Crippen molar-refractivity contribution in [2.24, 2.45) is 0 Å². The molecule has 1 aromatic rings. The number of nitrogens with one attached hydrogen (secondary N) is 2. The first kappa shape index (κ1) is 13.7. The molecule has 0 aliphatic carbocycles. The highest BCUT2D eigenvalue weighted by Crippen LogP contribution is 2.17. The SMILES string of the molecule is CC(C)(C)NCC(O)c1cccc(NC=O)c1. The highest BCUT2D eigenvalue weighted by atomic mass is 16.3. The van der Waals surface area contributed by atoms with Gasteiger partial charge in [-0.1, -0.05) is 12.1 Å². The van der Waals surface area contributed by atoms with Crippen LogP contribution < -0.4 is 10.6 Å². The number of hydrogen-bond donors (Lipinski definition) is 3. The summed E-state index contributed by atoms with van der Waals surface area (Å²) in [7, 11) is 0. The predicted molar refractivity (Wildman–Crippen MR) is 68.8 cm³/mol. The molecule has 0 aliphatic rings. The number of aliphatic hydroxyl groups is 1. The van der Waals surface area contributed by atoms with E-state index in [0.717, 1.165) is 5.56 Å². The summed E-state index contributed by atoms with van der Waals surface area (Å²) in [5.74, 6) is 0. The third kappa shape index (κ3) is 4.97. The predicted octanol–water partition coefficient (Wildman–Crippen LogP) is 1.68. The fourth-order valence-electron chi connectivity index (χ4n) is 1.42. The quantitative estimate of drug-likeness (QED) is 0.682. The van der Waals surface area contributed by atoms with E-state index < -0.39 is 6.10 Å². The Morgan fingerprint density at radius 3 is 2.71 bits per heavy atom. The van der Waals surface area contributed by atoms with Gasteiger partial charge in [-0.15, -0.1) is 0 Å². The van der Waals surface area contributed by atoms with E-state index in [1.807, 2.05) is 32.9 Å². The summed E-state index contributed by atoms with van der Waals surface area (Å²) in [6.07, 6.45) is 0.0430. The average molecular weight is 236 g/mol. The van der Waals surface area contributed by atoms with Gasteiger partial charge in [0, 0.05) is 17.8 Å². The molecule has 1 aromatic carbocycles. The minimum absolute atomic E-state index is 0.0281. The smallest absolute Gasteiger partial charge is 0.211 e. The Morgan fingerprint density at radius 1 is 1.41 bits per heavy atom. The lowest BCUT2D eigenvalue weighted by Crippen LogP contribution is -2.38. The number of amides is 1. The standard InChI is InChI=1S/C13H20N2O2/c1-13(2,3)15-8-12(17)10-5-4-6-11(7-10)14-9-16/h4-7,9,12,15,17H,8H2,1-3H3,(H,14,16). The lowest BCUT2D eigenvalue weighted by Gasteiger charge is -2.23. The van der Waals surface area contributed by atoms with Crippen LogP contribution in [0.15, 0.2) is 24.3 Å². The van der Waals surface area contributed by atoms with Crippen LogP contribution in [0, 0.1) is 0 Å². The number of rotatable bonds is 5. The van der Waals surface area contributed by atoms with Gasteiger partial charge in [0.2, 0.25) is 6.41 Å². The van der Waals surface area contributed by atoms with Gasteiger partial charge < -0.3 is 15.7 Å². The summed E-state index contributed by atoms with van der Waals surface area (Å²) in [4.78, 5) is 10.3. The zero-order valence-corrected chi connectivity index (χ0v) is 10.5. The molecule has 0 saturated carbocycles. The highest BCUT2D eigenvalue weighted by Gasteiger charge is 2.13. The van der Waals surface area contributed by atoms with E-state index in [2.05, 4.69) is 10.6 Å². The van der Waals surface area contributed by atoms with E-state index in [9.17, 15) is 9.90 Å². The van der Waals surface area contributed by atoms with Crippen molar-refractivity contribution in [3.8, 4) is 0 Å². The Bertz CT molecular complexity index is 372. The number of carbonyl (C=O) groups is 1. The highest BCUT2D eigenvalue weighted by molar-refractivity contribution is 5.71. The first-order valence-electron chi connectivity index (χ1n) is 5.65. The summed E-state index contributed by atoms with van der Waals surface area (Å²) in [6, 6.07) is 7.19. The van der Waals surface area contributed by atoms with E-state index in [1.165, 1.54) is 0 Å². The molecule has 1 unspecified atom stereocenters. The first-order valence-corrected chi connectivity index (χ1v) is 5.65. The van der Waals surface area contributed by atoms with Gasteiger partial charge in [-0.05, 0) is 38.5 Å². The zero-order valence-electron chi connectivity index (χ0n) is 10.5. The Hall–Kier alpha value is -1.39. The monoisotopic (exact) mass is 236 g/mol. The van der Waals surface area contributed by atoms with Gasteiger partial charge in [-0.25, -0.2) is 0 Å². The van der Waals surface area contributed by atoms with E-state index in [-0.39, 0.29) is 5.54 Å². The summed E-state index contributed by atoms with van der Waals surface area (Å²) < 4.78 is 0. The van der Waals surface area contributed by atoms with Crippen LogP contribution in [-0.4, -0.2) is 23.6 Å². The minimum atomic E-state index is -0.581. The summed E-state index contributed by atoms with van der Waals surface area (Å²) in [5.41, 5.74) is 1.44. The lowest BCUT2D eigenvalue weighted by atomic mass is 10.1. The lowest BCUT2D eigenvalue weighted by molar-refractivity contribution is -0.105. The number of β-amino-alcohol motifs (C(OH)–C–C–N with tert-alkyl or cyclic N) is 1. The van der Waals surface area contributed by atoms with Crippen molar-refractivity contribution in [3.63, 3.8) is 0 Å². The third-order valence-electron chi connectivity index (χ3n) is 2.32. The average Bonchev–Trinajstić information content (AvgIpc) is 2.26. The van der Waals surface area contributed by atoms with E-state index >= 15 is 0 Å². The van der Waals surface area contributed by atoms with Gasteiger partial charge in [0.25, 0.3) is 0 Å². The van der Waals surface area contributed by atoms with Crippen molar-refractivity contribution in [1.82, 2.24) is 5.32 Å². The summed E-state index contributed by atoms with van der Waals surface area (Å²) in [6.45, 7) is 6.62. The molecular formula is C13H20N2O2. The van der Waals surface area contributed by atoms with Crippen molar-refractivity contribution in [2.75, 3.05) is 11.9 Å². The van der Waals surface area contributed by atoms with Crippen LogP contribution in [0.1, 0.15) is 32.4 Å². The van der Waals surface area contributed by atoms with E-state index in [4.69, 9.17) is 0 Å². The van der Waals surface area contributed by atoms with Gasteiger partial charge in [-0.2, -0.15) is 0 Å². The Kier molecular flexibility index (Phi) is 4.66. The van der Waals surface area contributed by atoms with Crippen LogP contribution in [0.2, 0.25) is 0 Å². The number of benzene rings is 1. The fourth-order valence-corrected chi connectivity index (χ4v) is 1.42. The van der Waals surface area contributed by atoms with Crippen molar-refractivity contribution in [1.29, 1.82) is 0 Å². The summed E-state index contributed by atoms with van der Waals surface area (Å²) in [5, 5.41) is 15.8. The van der Waals surface area contributed by atoms with E-state index in [1.54, 1.807) is 12.1 Å². The maximum absolute atomic E-state index is 10.3. The molecule has 1 rings (SSSR count). The second kappa shape index (κ2) is 5.80. The van der Waals surface area contributed by atoms with Crippen LogP contribution in [0.25, 0.3) is 0 Å². The maximum atomic E-state index is 10.3. The number of anilines is 1. The summed E-state index contributed by atoms with van der Waals surface area (Å²) >= 11 is 0. The van der Waals surface area contributed by atoms with Crippen LogP contribution in [0.4, 0.5) is 5.69 Å². The Morgan fingerprint density at radius 2 is 2.12 bits per heavy atom. The minimum Gasteiger partial charge on any atom is -0.387 e. The first-order chi connectivity index (χ1) is 7.92. The van der Waals surface area contributed by atoms with Gasteiger partial charge in [0.05, 0.1) is 6.10 Å². The second-order valence-electron chi connectivity index (χ2n) is 5.03. The molecule has 0 aromatic heterocycles. The third-order valence-corrected chi connectivity index (χ3v) is 2.32. The molecule has 0 fully saturated rings. The number of aliphatic hydroxyl groups excluding tert-OH is 1. The number of carbonyl (C=O) groups excluding carboxylic acids is 1. The Balaban J connectivity index is 2.65. The van der Waals surface area contributed by atoms with Gasteiger partial charge in [0.1, 0.15) is 0 Å². The molecule has 0 bridgehead atoms. The van der Waals surface area contributed by atoms with Gasteiger partial charge >= 0.3 is 0 Å². The normalized spacial score (nSPS) is 13.2.